The highest BCUT2D eigenvalue weighted by Crippen LogP contribution is 2.24. The van der Waals surface area contributed by atoms with Crippen LogP contribution in [0.5, 0.6) is 0 Å². The Bertz CT molecular complexity index is 489. The van der Waals surface area contributed by atoms with Crippen LogP contribution in [0, 0.1) is 0 Å². The highest BCUT2D eigenvalue weighted by molar-refractivity contribution is 5.90. The Morgan fingerprint density at radius 2 is 2.06 bits per heavy atom. The van der Waals surface area contributed by atoms with Gasteiger partial charge in [0.05, 0.1) is 11.2 Å². The molecule has 0 saturated heterocycles. The van der Waals surface area contributed by atoms with Crippen molar-refractivity contribution < 1.29 is 0 Å². The van der Waals surface area contributed by atoms with Crippen molar-refractivity contribution in [2.24, 2.45) is 0 Å². The van der Waals surface area contributed by atoms with Crippen LogP contribution in [0.2, 0.25) is 0 Å². The van der Waals surface area contributed by atoms with Gasteiger partial charge in [0, 0.05) is 25.7 Å². The van der Waals surface area contributed by atoms with E-state index in [2.05, 4.69) is 55.2 Å². The van der Waals surface area contributed by atoms with Crippen molar-refractivity contribution in [1.82, 2.24) is 4.98 Å². The van der Waals surface area contributed by atoms with E-state index in [-0.39, 0.29) is 0 Å². The van der Waals surface area contributed by atoms with Crippen molar-refractivity contribution in [3.05, 3.63) is 36.0 Å². The molecule has 0 atom stereocenters. The van der Waals surface area contributed by atoms with Gasteiger partial charge < -0.3 is 4.90 Å². The molecule has 0 spiro atoms. The molecule has 0 radical (unpaired) electrons. The van der Waals surface area contributed by atoms with Crippen LogP contribution in [0.1, 0.15) is 18.9 Å². The Morgan fingerprint density at radius 3 is 2.75 bits per heavy atom. The Morgan fingerprint density at radius 1 is 1.25 bits per heavy atom. The number of hydrogen-bond donors (Lipinski definition) is 0. The summed E-state index contributed by atoms with van der Waals surface area (Å²) < 4.78 is 0. The van der Waals surface area contributed by atoms with Crippen LogP contribution in [-0.4, -0.2) is 19.1 Å². The molecule has 0 aliphatic carbocycles. The smallest absolute Gasteiger partial charge is 0.0935 e. The summed E-state index contributed by atoms with van der Waals surface area (Å²) in [5.74, 6) is 0. The summed E-state index contributed by atoms with van der Waals surface area (Å²) in [6.45, 7) is 2.19. The van der Waals surface area contributed by atoms with E-state index >= 15 is 0 Å². The van der Waals surface area contributed by atoms with Gasteiger partial charge in [-0.1, -0.05) is 25.5 Å². The molecule has 1 heterocycles. The number of nitrogens with zero attached hydrogens (tertiary/aromatic N) is 2. The lowest BCUT2D eigenvalue weighted by atomic mass is 10.1. The molecule has 0 bridgehead atoms. The zero-order chi connectivity index (χ0) is 11.5. The van der Waals surface area contributed by atoms with Crippen LogP contribution in [-0.2, 0) is 6.42 Å². The average Bonchev–Trinajstić information content (AvgIpc) is 2.28. The molecule has 2 nitrogen and oxygen atoms in total. The third kappa shape index (κ3) is 2.01. The molecular formula is C14H18N2. The van der Waals surface area contributed by atoms with Gasteiger partial charge in [-0.05, 0) is 24.1 Å². The number of fused-ring (bicyclic) bond motifs is 1. The van der Waals surface area contributed by atoms with E-state index in [1.54, 1.807) is 0 Å². The number of aryl methyl sites for hydroxylation is 1. The number of hydrogen-bond acceptors (Lipinski definition) is 2. The van der Waals surface area contributed by atoms with Crippen molar-refractivity contribution in [1.29, 1.82) is 0 Å². The van der Waals surface area contributed by atoms with Gasteiger partial charge in [-0.3, -0.25) is 4.98 Å². The fourth-order valence-electron chi connectivity index (χ4n) is 1.98. The monoisotopic (exact) mass is 214 g/mol. The van der Waals surface area contributed by atoms with Crippen molar-refractivity contribution in [2.75, 3.05) is 19.0 Å². The number of benzene rings is 1. The normalized spacial score (nSPS) is 10.7. The largest absolute Gasteiger partial charge is 0.376 e. The number of rotatable bonds is 3. The van der Waals surface area contributed by atoms with E-state index < -0.39 is 0 Å². The molecule has 1 aromatic heterocycles. The molecule has 84 valence electrons. The zero-order valence-electron chi connectivity index (χ0n) is 10.2. The standard InChI is InChI=1S/C14H18N2/c1-4-6-11-9-12-7-5-8-13(16(2)3)14(12)15-10-11/h5,7-10H,4,6H2,1-3H3. The van der Waals surface area contributed by atoms with Crippen LogP contribution in [0.25, 0.3) is 10.9 Å². The van der Waals surface area contributed by atoms with E-state index in [1.807, 2.05) is 6.20 Å². The number of aromatic nitrogens is 1. The second-order valence-corrected chi connectivity index (χ2v) is 4.34. The molecule has 0 unspecified atom stereocenters. The van der Waals surface area contributed by atoms with Crippen LogP contribution < -0.4 is 4.90 Å². The van der Waals surface area contributed by atoms with Gasteiger partial charge in [-0.2, -0.15) is 0 Å². The van der Waals surface area contributed by atoms with Gasteiger partial charge in [-0.15, -0.1) is 0 Å². The van der Waals surface area contributed by atoms with Gasteiger partial charge in [0.2, 0.25) is 0 Å². The lowest BCUT2D eigenvalue weighted by molar-refractivity contribution is 0.917. The average molecular weight is 214 g/mol. The highest BCUT2D eigenvalue weighted by atomic mass is 15.1. The predicted molar refractivity (Wildman–Crippen MR) is 70.1 cm³/mol. The van der Waals surface area contributed by atoms with Crippen molar-refractivity contribution in [3.8, 4) is 0 Å². The first-order valence-corrected chi connectivity index (χ1v) is 5.77. The summed E-state index contributed by atoms with van der Waals surface area (Å²) in [5.41, 5.74) is 3.60. The van der Waals surface area contributed by atoms with Crippen LogP contribution in [0.4, 0.5) is 5.69 Å². The first kappa shape index (κ1) is 10.9. The zero-order valence-corrected chi connectivity index (χ0v) is 10.2. The third-order valence-corrected chi connectivity index (χ3v) is 2.77. The maximum absolute atomic E-state index is 4.58. The molecule has 2 rings (SSSR count). The van der Waals surface area contributed by atoms with E-state index in [1.165, 1.54) is 23.1 Å². The van der Waals surface area contributed by atoms with Crippen LogP contribution >= 0.6 is 0 Å². The van der Waals surface area contributed by atoms with E-state index in [0.29, 0.717) is 0 Å². The summed E-state index contributed by atoms with van der Waals surface area (Å²) in [6, 6.07) is 8.58. The molecule has 16 heavy (non-hydrogen) atoms. The summed E-state index contributed by atoms with van der Waals surface area (Å²) >= 11 is 0. The fraction of sp³-hybridized carbons (Fsp3) is 0.357. The minimum atomic E-state index is 1.09. The van der Waals surface area contributed by atoms with Crippen molar-refractivity contribution in [2.45, 2.75) is 19.8 Å². The SMILES string of the molecule is CCCc1cnc2c(N(C)C)cccc2c1. The van der Waals surface area contributed by atoms with Crippen molar-refractivity contribution >= 4 is 16.6 Å². The topological polar surface area (TPSA) is 16.1 Å². The van der Waals surface area contributed by atoms with E-state index in [4.69, 9.17) is 0 Å². The molecule has 0 aliphatic rings. The van der Waals surface area contributed by atoms with Gasteiger partial charge in [0.25, 0.3) is 0 Å². The van der Waals surface area contributed by atoms with Crippen LogP contribution in [0.3, 0.4) is 0 Å². The molecule has 0 aliphatic heterocycles. The molecule has 1 aromatic carbocycles. The first-order chi connectivity index (χ1) is 7.72. The molecule has 0 saturated carbocycles. The maximum Gasteiger partial charge on any atom is 0.0935 e. The first-order valence-electron chi connectivity index (χ1n) is 5.77. The summed E-state index contributed by atoms with van der Waals surface area (Å²) in [4.78, 5) is 6.69. The maximum atomic E-state index is 4.58. The number of anilines is 1. The van der Waals surface area contributed by atoms with Gasteiger partial charge in [0.15, 0.2) is 0 Å². The molecule has 0 fully saturated rings. The minimum Gasteiger partial charge on any atom is -0.376 e. The van der Waals surface area contributed by atoms with E-state index in [0.717, 1.165) is 11.9 Å². The Kier molecular flexibility index (Phi) is 3.09. The quantitative estimate of drug-likeness (QED) is 0.779. The summed E-state index contributed by atoms with van der Waals surface area (Å²) in [5, 5.41) is 1.23. The molecule has 2 heteroatoms. The lowest BCUT2D eigenvalue weighted by Crippen LogP contribution is -2.09. The Labute approximate surface area is 96.9 Å². The Balaban J connectivity index is 2.55. The summed E-state index contributed by atoms with van der Waals surface area (Å²) in [6.07, 6.45) is 4.27. The van der Waals surface area contributed by atoms with Gasteiger partial charge in [-0.25, -0.2) is 0 Å². The molecular weight excluding hydrogens is 196 g/mol. The van der Waals surface area contributed by atoms with Crippen molar-refractivity contribution in [3.63, 3.8) is 0 Å². The second kappa shape index (κ2) is 4.52. The third-order valence-electron chi connectivity index (χ3n) is 2.77. The molecule has 2 aromatic rings. The van der Waals surface area contributed by atoms with Gasteiger partial charge >= 0.3 is 0 Å². The minimum absolute atomic E-state index is 1.09. The highest BCUT2D eigenvalue weighted by Gasteiger charge is 2.04. The lowest BCUT2D eigenvalue weighted by Gasteiger charge is -2.14. The fourth-order valence-corrected chi connectivity index (χ4v) is 1.98. The van der Waals surface area contributed by atoms with Gasteiger partial charge in [0.1, 0.15) is 0 Å². The Hall–Kier alpha value is -1.57. The number of pyridine rings is 1. The predicted octanol–water partition coefficient (Wildman–Crippen LogP) is 3.25. The summed E-state index contributed by atoms with van der Waals surface area (Å²) in [7, 11) is 4.10. The molecule has 0 N–H and O–H groups in total. The van der Waals surface area contributed by atoms with E-state index in [9.17, 15) is 0 Å². The number of para-hydroxylation sites is 1. The molecule has 0 amide bonds. The van der Waals surface area contributed by atoms with Crippen LogP contribution in [0.15, 0.2) is 30.5 Å². The second-order valence-electron chi connectivity index (χ2n) is 4.34.